The van der Waals surface area contributed by atoms with Gasteiger partial charge >= 0.3 is 0 Å². The van der Waals surface area contributed by atoms with Crippen molar-refractivity contribution < 1.29 is 4.42 Å². The van der Waals surface area contributed by atoms with Crippen LogP contribution >= 0.6 is 0 Å². The first kappa shape index (κ1) is 9.27. The summed E-state index contributed by atoms with van der Waals surface area (Å²) in [5.41, 5.74) is 7.11. The molecule has 6 heteroatoms. The second-order valence-electron chi connectivity index (χ2n) is 3.14. The Labute approximate surface area is 85.9 Å². The summed E-state index contributed by atoms with van der Waals surface area (Å²) in [4.78, 5) is 3.96. The fraction of sp³-hybridized carbons (Fsp3) is 0.222. The Kier molecular flexibility index (Phi) is 1.94. The molecule has 0 fully saturated rings. The van der Waals surface area contributed by atoms with Gasteiger partial charge in [-0.15, -0.1) is 0 Å². The number of nitrogen functional groups attached to an aromatic ring is 1. The van der Waals surface area contributed by atoms with Gasteiger partial charge in [-0.25, -0.2) is 0 Å². The Balaban J connectivity index is 2.55. The summed E-state index contributed by atoms with van der Waals surface area (Å²) < 4.78 is 6.80. The molecule has 2 aromatic heterocycles. The van der Waals surface area contributed by atoms with Crippen molar-refractivity contribution in [1.29, 1.82) is 5.26 Å². The molecular weight excluding hydrogens is 194 g/mol. The number of nitrogens with two attached hydrogens (primary N) is 1. The number of oxazole rings is 1. The number of hydrogen-bond donors (Lipinski definition) is 1. The SMILES string of the molecule is Cc1cc(-c2nc(C#N)c(N)o2)n(C)n1. The molecule has 0 aliphatic rings. The molecule has 0 saturated carbocycles. The topological polar surface area (TPSA) is 93.7 Å². The molecule has 0 spiro atoms. The van der Waals surface area contributed by atoms with Gasteiger partial charge in [-0.3, -0.25) is 4.68 Å². The van der Waals surface area contributed by atoms with Crippen LogP contribution in [0, 0.1) is 18.3 Å². The molecule has 0 aromatic carbocycles. The lowest BCUT2D eigenvalue weighted by atomic mass is 10.4. The van der Waals surface area contributed by atoms with Gasteiger partial charge in [0.05, 0.1) is 5.69 Å². The zero-order valence-electron chi connectivity index (χ0n) is 8.35. The third-order valence-electron chi connectivity index (χ3n) is 1.98. The number of aryl methyl sites for hydroxylation is 2. The Hall–Kier alpha value is -2.29. The number of aromatic nitrogens is 3. The van der Waals surface area contributed by atoms with Gasteiger partial charge in [0.1, 0.15) is 11.8 Å². The Morgan fingerprint density at radius 1 is 1.60 bits per heavy atom. The molecule has 0 saturated heterocycles. The smallest absolute Gasteiger partial charge is 0.248 e. The molecule has 2 heterocycles. The summed E-state index contributed by atoms with van der Waals surface area (Å²) >= 11 is 0. The molecule has 0 atom stereocenters. The van der Waals surface area contributed by atoms with Crippen molar-refractivity contribution in [2.45, 2.75) is 6.92 Å². The summed E-state index contributed by atoms with van der Waals surface area (Å²) in [7, 11) is 1.77. The quantitative estimate of drug-likeness (QED) is 0.741. The summed E-state index contributed by atoms with van der Waals surface area (Å²) in [5.74, 6) is 0.346. The van der Waals surface area contributed by atoms with Crippen LogP contribution in [0.15, 0.2) is 10.5 Å². The van der Waals surface area contributed by atoms with E-state index in [1.165, 1.54) is 0 Å². The maximum absolute atomic E-state index is 8.68. The van der Waals surface area contributed by atoms with E-state index in [0.29, 0.717) is 11.6 Å². The van der Waals surface area contributed by atoms with Crippen molar-refractivity contribution in [3.8, 4) is 17.7 Å². The van der Waals surface area contributed by atoms with Crippen molar-refractivity contribution in [3.05, 3.63) is 17.5 Å². The van der Waals surface area contributed by atoms with Crippen LogP contribution in [-0.2, 0) is 7.05 Å². The fourth-order valence-electron chi connectivity index (χ4n) is 1.33. The van der Waals surface area contributed by atoms with Crippen molar-refractivity contribution in [3.63, 3.8) is 0 Å². The lowest BCUT2D eigenvalue weighted by molar-refractivity contribution is 0.582. The van der Waals surface area contributed by atoms with Crippen LogP contribution in [-0.4, -0.2) is 14.8 Å². The van der Waals surface area contributed by atoms with E-state index in [1.54, 1.807) is 11.7 Å². The molecule has 2 aromatic rings. The number of rotatable bonds is 1. The van der Waals surface area contributed by atoms with E-state index in [1.807, 2.05) is 19.1 Å². The van der Waals surface area contributed by atoms with E-state index in [-0.39, 0.29) is 11.6 Å². The summed E-state index contributed by atoms with van der Waals surface area (Å²) in [6, 6.07) is 3.66. The molecule has 0 amide bonds. The number of nitriles is 1. The first-order chi connectivity index (χ1) is 7.11. The molecule has 0 aliphatic carbocycles. The molecule has 2 rings (SSSR count). The average Bonchev–Trinajstić information content (AvgIpc) is 2.69. The Morgan fingerprint density at radius 3 is 2.80 bits per heavy atom. The standard InChI is InChI=1S/C9H9N5O/c1-5-3-7(14(2)13-5)9-12-6(4-10)8(11)15-9/h3H,11H2,1-2H3. The van der Waals surface area contributed by atoms with Gasteiger partial charge in [0.25, 0.3) is 0 Å². The maximum atomic E-state index is 8.68. The summed E-state index contributed by atoms with van der Waals surface area (Å²) in [6.07, 6.45) is 0. The number of anilines is 1. The highest BCUT2D eigenvalue weighted by molar-refractivity contribution is 5.54. The van der Waals surface area contributed by atoms with Gasteiger partial charge in [0.2, 0.25) is 17.5 Å². The van der Waals surface area contributed by atoms with E-state index < -0.39 is 0 Å². The minimum atomic E-state index is 0.0337. The van der Waals surface area contributed by atoms with Gasteiger partial charge < -0.3 is 10.2 Å². The van der Waals surface area contributed by atoms with Crippen LogP contribution in [0.1, 0.15) is 11.4 Å². The number of hydrogen-bond acceptors (Lipinski definition) is 5. The van der Waals surface area contributed by atoms with Crippen molar-refractivity contribution in [2.24, 2.45) is 7.05 Å². The zero-order chi connectivity index (χ0) is 11.0. The molecule has 0 unspecified atom stereocenters. The Bertz CT molecular complexity index is 545. The van der Waals surface area contributed by atoms with E-state index in [4.69, 9.17) is 15.4 Å². The van der Waals surface area contributed by atoms with E-state index in [0.717, 1.165) is 5.69 Å². The second-order valence-corrected chi connectivity index (χ2v) is 3.14. The second kappa shape index (κ2) is 3.13. The number of nitrogens with zero attached hydrogens (tertiary/aromatic N) is 4. The maximum Gasteiger partial charge on any atom is 0.248 e. The third kappa shape index (κ3) is 1.44. The van der Waals surface area contributed by atoms with Crippen LogP contribution in [0.25, 0.3) is 11.6 Å². The van der Waals surface area contributed by atoms with Crippen LogP contribution in [0.5, 0.6) is 0 Å². The molecule has 6 nitrogen and oxygen atoms in total. The average molecular weight is 203 g/mol. The van der Waals surface area contributed by atoms with Gasteiger partial charge in [-0.05, 0) is 13.0 Å². The highest BCUT2D eigenvalue weighted by atomic mass is 16.4. The monoisotopic (exact) mass is 203 g/mol. The van der Waals surface area contributed by atoms with Crippen molar-refractivity contribution in [2.75, 3.05) is 5.73 Å². The van der Waals surface area contributed by atoms with E-state index in [2.05, 4.69) is 10.1 Å². The minimum absolute atomic E-state index is 0.0337. The zero-order valence-corrected chi connectivity index (χ0v) is 8.35. The van der Waals surface area contributed by atoms with Crippen molar-refractivity contribution >= 4 is 5.88 Å². The van der Waals surface area contributed by atoms with Gasteiger partial charge in [0.15, 0.2) is 0 Å². The summed E-state index contributed by atoms with van der Waals surface area (Å²) in [6.45, 7) is 1.86. The lowest BCUT2D eigenvalue weighted by Gasteiger charge is -1.93. The minimum Gasteiger partial charge on any atom is -0.418 e. The predicted molar refractivity (Wildman–Crippen MR) is 52.6 cm³/mol. The van der Waals surface area contributed by atoms with E-state index in [9.17, 15) is 0 Å². The first-order valence-corrected chi connectivity index (χ1v) is 4.29. The molecular formula is C9H9N5O. The first-order valence-electron chi connectivity index (χ1n) is 4.29. The molecule has 76 valence electrons. The third-order valence-corrected chi connectivity index (χ3v) is 1.98. The lowest BCUT2D eigenvalue weighted by Crippen LogP contribution is -1.93. The molecule has 0 radical (unpaired) electrons. The summed E-state index contributed by atoms with van der Waals surface area (Å²) in [5, 5.41) is 12.8. The highest BCUT2D eigenvalue weighted by Crippen LogP contribution is 2.23. The molecule has 15 heavy (non-hydrogen) atoms. The van der Waals surface area contributed by atoms with Gasteiger partial charge in [-0.2, -0.15) is 15.3 Å². The van der Waals surface area contributed by atoms with Crippen LogP contribution in [0.3, 0.4) is 0 Å². The van der Waals surface area contributed by atoms with Crippen molar-refractivity contribution in [1.82, 2.24) is 14.8 Å². The Morgan fingerprint density at radius 2 is 2.33 bits per heavy atom. The largest absolute Gasteiger partial charge is 0.418 e. The molecule has 0 aliphatic heterocycles. The molecule has 2 N–H and O–H groups in total. The predicted octanol–water partition coefficient (Wildman–Crippen LogP) is 0.837. The van der Waals surface area contributed by atoms with E-state index >= 15 is 0 Å². The fourth-order valence-corrected chi connectivity index (χ4v) is 1.33. The van der Waals surface area contributed by atoms with Crippen LogP contribution in [0.2, 0.25) is 0 Å². The van der Waals surface area contributed by atoms with Crippen LogP contribution < -0.4 is 5.73 Å². The molecule has 0 bridgehead atoms. The van der Waals surface area contributed by atoms with Crippen LogP contribution in [0.4, 0.5) is 5.88 Å². The highest BCUT2D eigenvalue weighted by Gasteiger charge is 2.15. The van der Waals surface area contributed by atoms with Gasteiger partial charge in [0, 0.05) is 7.05 Å². The van der Waals surface area contributed by atoms with Gasteiger partial charge in [-0.1, -0.05) is 0 Å². The normalized spacial score (nSPS) is 10.2.